The fourth-order valence-electron chi connectivity index (χ4n) is 3.17. The standard InChI is InChI=1S/C23H20N4O2/c1-24-21(28)7-6-15-4-3-5-16(10-15)18-11-19-20(14-27-23(19)26-13-18)17-8-9-25-22(12-17)29-2/h3-14H,1-2H3,(H,24,28)(H,26,27). The Labute approximate surface area is 168 Å². The fraction of sp³-hybridized carbons (Fsp3) is 0.0870. The highest BCUT2D eigenvalue weighted by Gasteiger charge is 2.10. The summed E-state index contributed by atoms with van der Waals surface area (Å²) < 4.78 is 5.25. The summed E-state index contributed by atoms with van der Waals surface area (Å²) in [6.45, 7) is 0. The average molecular weight is 384 g/mol. The summed E-state index contributed by atoms with van der Waals surface area (Å²) in [5.41, 5.74) is 5.82. The van der Waals surface area contributed by atoms with E-state index in [0.29, 0.717) is 5.88 Å². The highest BCUT2D eigenvalue weighted by Crippen LogP contribution is 2.32. The maximum absolute atomic E-state index is 11.5. The number of nitrogens with zero attached hydrogens (tertiary/aromatic N) is 2. The zero-order valence-electron chi connectivity index (χ0n) is 16.1. The lowest BCUT2D eigenvalue weighted by molar-refractivity contribution is -0.115. The Morgan fingerprint density at radius 1 is 1.10 bits per heavy atom. The van der Waals surface area contributed by atoms with Crippen LogP contribution >= 0.6 is 0 Å². The number of methoxy groups -OCH3 is 1. The third-order valence-electron chi connectivity index (χ3n) is 4.68. The number of rotatable bonds is 5. The van der Waals surface area contributed by atoms with E-state index in [1.165, 1.54) is 6.08 Å². The van der Waals surface area contributed by atoms with E-state index in [-0.39, 0.29) is 5.91 Å². The number of fused-ring (bicyclic) bond motifs is 1. The van der Waals surface area contributed by atoms with Gasteiger partial charge in [0.25, 0.3) is 0 Å². The van der Waals surface area contributed by atoms with Crippen LogP contribution in [0.1, 0.15) is 5.56 Å². The lowest BCUT2D eigenvalue weighted by Gasteiger charge is -2.05. The predicted octanol–water partition coefficient (Wildman–Crippen LogP) is 4.06. The minimum Gasteiger partial charge on any atom is -0.481 e. The number of hydrogen-bond donors (Lipinski definition) is 2. The number of benzene rings is 1. The number of amides is 1. The molecule has 0 aliphatic heterocycles. The second-order valence-electron chi connectivity index (χ2n) is 6.48. The Kier molecular flexibility index (Phi) is 5.07. The molecule has 3 heterocycles. The van der Waals surface area contributed by atoms with Gasteiger partial charge in [-0.05, 0) is 41.0 Å². The number of likely N-dealkylation sites (N-methyl/N-ethyl adjacent to an activating group) is 1. The first-order valence-electron chi connectivity index (χ1n) is 9.15. The molecule has 0 aliphatic carbocycles. The van der Waals surface area contributed by atoms with Gasteiger partial charge in [0, 0.05) is 54.3 Å². The van der Waals surface area contributed by atoms with E-state index in [1.54, 1.807) is 26.4 Å². The summed E-state index contributed by atoms with van der Waals surface area (Å²) in [5.74, 6) is 0.430. The summed E-state index contributed by atoms with van der Waals surface area (Å²) in [7, 11) is 3.21. The first kappa shape index (κ1) is 18.4. The third kappa shape index (κ3) is 3.87. The molecular weight excluding hydrogens is 364 g/mol. The highest BCUT2D eigenvalue weighted by molar-refractivity contribution is 5.96. The number of H-pyrrole nitrogens is 1. The molecule has 0 spiro atoms. The van der Waals surface area contributed by atoms with Crippen LogP contribution in [0.4, 0.5) is 0 Å². The molecule has 6 nitrogen and oxygen atoms in total. The molecule has 1 amide bonds. The van der Waals surface area contributed by atoms with Crippen molar-refractivity contribution in [1.29, 1.82) is 0 Å². The van der Waals surface area contributed by atoms with Crippen LogP contribution in [0.25, 0.3) is 39.4 Å². The molecule has 0 saturated carbocycles. The zero-order valence-corrected chi connectivity index (χ0v) is 16.1. The van der Waals surface area contributed by atoms with E-state index in [1.807, 2.05) is 48.8 Å². The van der Waals surface area contributed by atoms with Crippen molar-refractivity contribution in [2.24, 2.45) is 0 Å². The monoisotopic (exact) mass is 384 g/mol. The van der Waals surface area contributed by atoms with Crippen molar-refractivity contribution in [3.63, 3.8) is 0 Å². The molecule has 3 aromatic heterocycles. The second-order valence-corrected chi connectivity index (χ2v) is 6.48. The van der Waals surface area contributed by atoms with Crippen molar-refractivity contribution < 1.29 is 9.53 Å². The number of nitrogens with one attached hydrogen (secondary N) is 2. The third-order valence-corrected chi connectivity index (χ3v) is 4.68. The van der Waals surface area contributed by atoms with Gasteiger partial charge in [-0.25, -0.2) is 9.97 Å². The predicted molar refractivity (Wildman–Crippen MR) is 114 cm³/mol. The second kappa shape index (κ2) is 7.98. The van der Waals surface area contributed by atoms with Crippen molar-refractivity contribution in [2.75, 3.05) is 14.2 Å². The molecule has 1 aromatic carbocycles. The van der Waals surface area contributed by atoms with Gasteiger partial charge in [0.15, 0.2) is 0 Å². The Bertz CT molecular complexity index is 1210. The Hall–Kier alpha value is -3.93. The number of aromatic nitrogens is 3. The summed E-state index contributed by atoms with van der Waals surface area (Å²) in [4.78, 5) is 23.4. The number of ether oxygens (including phenoxy) is 1. The largest absolute Gasteiger partial charge is 0.481 e. The lowest BCUT2D eigenvalue weighted by atomic mass is 10.0. The molecule has 0 bridgehead atoms. The van der Waals surface area contributed by atoms with Crippen molar-refractivity contribution in [2.45, 2.75) is 0 Å². The molecule has 29 heavy (non-hydrogen) atoms. The molecule has 6 heteroatoms. The average Bonchev–Trinajstić information content (AvgIpc) is 3.21. The van der Waals surface area contributed by atoms with Crippen LogP contribution in [0.2, 0.25) is 0 Å². The van der Waals surface area contributed by atoms with E-state index >= 15 is 0 Å². The van der Waals surface area contributed by atoms with Crippen molar-refractivity contribution >= 4 is 23.0 Å². The molecular formula is C23H20N4O2. The summed E-state index contributed by atoms with van der Waals surface area (Å²) in [6, 6.07) is 13.9. The number of pyridine rings is 2. The highest BCUT2D eigenvalue weighted by atomic mass is 16.5. The number of carbonyl (C=O) groups excluding carboxylic acids is 1. The Balaban J connectivity index is 1.74. The van der Waals surface area contributed by atoms with Gasteiger partial charge < -0.3 is 15.0 Å². The van der Waals surface area contributed by atoms with E-state index in [4.69, 9.17) is 4.74 Å². The SMILES string of the molecule is CNC(=O)C=Cc1cccc(-c2cnc3[nH]cc(-c4ccnc(OC)c4)c3c2)c1. The van der Waals surface area contributed by atoms with Crippen LogP contribution in [0.15, 0.2) is 67.1 Å². The minimum atomic E-state index is -0.136. The molecule has 0 atom stereocenters. The molecule has 0 unspecified atom stereocenters. The molecule has 0 fully saturated rings. The van der Waals surface area contributed by atoms with Crippen LogP contribution in [-0.2, 0) is 4.79 Å². The topological polar surface area (TPSA) is 79.9 Å². The molecule has 0 aliphatic rings. The van der Waals surface area contributed by atoms with Crippen LogP contribution in [0.3, 0.4) is 0 Å². The van der Waals surface area contributed by atoms with E-state index in [9.17, 15) is 4.79 Å². The van der Waals surface area contributed by atoms with Crippen LogP contribution in [0.5, 0.6) is 5.88 Å². The Morgan fingerprint density at radius 2 is 2.00 bits per heavy atom. The number of carbonyl (C=O) groups is 1. The summed E-state index contributed by atoms with van der Waals surface area (Å²) in [5, 5.41) is 3.59. The van der Waals surface area contributed by atoms with Gasteiger partial charge in [0.2, 0.25) is 11.8 Å². The zero-order chi connectivity index (χ0) is 20.2. The number of hydrogen-bond acceptors (Lipinski definition) is 4. The molecule has 0 saturated heterocycles. The van der Waals surface area contributed by atoms with Gasteiger partial charge in [-0.15, -0.1) is 0 Å². The van der Waals surface area contributed by atoms with E-state index in [0.717, 1.165) is 38.9 Å². The number of aromatic amines is 1. The van der Waals surface area contributed by atoms with Gasteiger partial charge in [-0.1, -0.05) is 18.2 Å². The first-order valence-corrected chi connectivity index (χ1v) is 9.15. The van der Waals surface area contributed by atoms with Gasteiger partial charge in [-0.3, -0.25) is 4.79 Å². The lowest BCUT2D eigenvalue weighted by Crippen LogP contribution is -2.13. The van der Waals surface area contributed by atoms with E-state index < -0.39 is 0 Å². The minimum absolute atomic E-state index is 0.136. The molecule has 4 rings (SSSR count). The summed E-state index contributed by atoms with van der Waals surface area (Å²) >= 11 is 0. The quantitative estimate of drug-likeness (QED) is 0.509. The smallest absolute Gasteiger partial charge is 0.243 e. The normalized spacial score (nSPS) is 11.1. The van der Waals surface area contributed by atoms with Gasteiger partial charge in [0.1, 0.15) is 5.65 Å². The van der Waals surface area contributed by atoms with Crippen molar-refractivity contribution in [1.82, 2.24) is 20.3 Å². The maximum atomic E-state index is 11.5. The van der Waals surface area contributed by atoms with Gasteiger partial charge in [-0.2, -0.15) is 0 Å². The molecule has 0 radical (unpaired) electrons. The van der Waals surface area contributed by atoms with Crippen molar-refractivity contribution in [3.8, 4) is 28.1 Å². The molecule has 144 valence electrons. The fourth-order valence-corrected chi connectivity index (χ4v) is 3.17. The molecule has 4 aromatic rings. The molecule has 2 N–H and O–H groups in total. The summed E-state index contributed by atoms with van der Waals surface area (Å²) in [6.07, 6.45) is 8.82. The van der Waals surface area contributed by atoms with Gasteiger partial charge >= 0.3 is 0 Å². The van der Waals surface area contributed by atoms with Gasteiger partial charge in [0.05, 0.1) is 7.11 Å². The first-order chi connectivity index (χ1) is 14.2. The van der Waals surface area contributed by atoms with Crippen LogP contribution in [0, 0.1) is 0 Å². The Morgan fingerprint density at radius 3 is 2.83 bits per heavy atom. The van der Waals surface area contributed by atoms with Crippen LogP contribution in [-0.4, -0.2) is 35.0 Å². The van der Waals surface area contributed by atoms with E-state index in [2.05, 4.69) is 26.3 Å². The van der Waals surface area contributed by atoms with Crippen molar-refractivity contribution in [3.05, 3.63) is 72.7 Å². The van der Waals surface area contributed by atoms with Crippen LogP contribution < -0.4 is 10.1 Å². The maximum Gasteiger partial charge on any atom is 0.243 e.